The molecule has 0 N–H and O–H groups in total. The number of likely N-dealkylation sites (tertiary alicyclic amines) is 1. The Labute approximate surface area is 111 Å². The maximum Gasteiger partial charge on any atom is 0.285 e. The Morgan fingerprint density at radius 2 is 1.39 bits per heavy atom. The van der Waals surface area contributed by atoms with Gasteiger partial charge in [0.05, 0.1) is 0 Å². The van der Waals surface area contributed by atoms with Crippen LogP contribution >= 0.6 is 7.59 Å². The summed E-state index contributed by atoms with van der Waals surface area (Å²) in [5.41, 5.74) is 0. The average Bonchev–Trinajstić information content (AvgIpc) is 2.62. The molecule has 1 aliphatic heterocycles. The van der Waals surface area contributed by atoms with Crippen molar-refractivity contribution in [3.8, 4) is 0 Å². The van der Waals surface area contributed by atoms with E-state index in [0.29, 0.717) is 5.91 Å². The van der Waals surface area contributed by atoms with Gasteiger partial charge in [-0.1, -0.05) is 0 Å². The zero-order valence-corrected chi connectivity index (χ0v) is 13.6. The van der Waals surface area contributed by atoms with E-state index in [4.69, 9.17) is 0 Å². The van der Waals surface area contributed by atoms with E-state index in [1.807, 2.05) is 49.3 Å². The molecule has 1 aliphatic rings. The van der Waals surface area contributed by atoms with Gasteiger partial charge in [0.1, 0.15) is 0 Å². The van der Waals surface area contributed by atoms with Crippen molar-refractivity contribution in [2.45, 2.75) is 12.8 Å². The molecule has 1 saturated heterocycles. The van der Waals surface area contributed by atoms with Crippen molar-refractivity contribution in [1.82, 2.24) is 18.9 Å². The number of nitrogens with zero attached hydrogens (tertiary/aromatic N) is 4. The smallest absolute Gasteiger partial charge is 0.285 e. The molecule has 0 aromatic carbocycles. The molecular formula is C11H27N4O2P. The molecule has 0 saturated carbocycles. The van der Waals surface area contributed by atoms with Gasteiger partial charge in [0.25, 0.3) is 7.59 Å². The van der Waals surface area contributed by atoms with Crippen LogP contribution in [-0.4, -0.2) is 80.7 Å². The van der Waals surface area contributed by atoms with Crippen molar-refractivity contribution in [3.63, 3.8) is 0 Å². The van der Waals surface area contributed by atoms with Crippen LogP contribution in [0.15, 0.2) is 0 Å². The van der Waals surface area contributed by atoms with Crippen LogP contribution in [0, 0.1) is 0 Å². The van der Waals surface area contributed by atoms with E-state index in [1.54, 1.807) is 18.9 Å². The lowest BCUT2D eigenvalue weighted by Crippen LogP contribution is -2.30. The molecule has 0 bridgehead atoms. The minimum Gasteiger partial charge on any atom is -0.346 e. The fourth-order valence-corrected chi connectivity index (χ4v) is 4.00. The summed E-state index contributed by atoms with van der Waals surface area (Å²) in [4.78, 5) is 12.3. The third kappa shape index (κ3) is 4.35. The van der Waals surface area contributed by atoms with Crippen molar-refractivity contribution in [3.05, 3.63) is 0 Å². The van der Waals surface area contributed by atoms with Crippen molar-refractivity contribution in [2.24, 2.45) is 0 Å². The summed E-state index contributed by atoms with van der Waals surface area (Å²) >= 11 is 0. The summed E-state index contributed by atoms with van der Waals surface area (Å²) in [6.07, 6.45) is 1.81. The predicted octanol–water partition coefficient (Wildman–Crippen LogP) is 1.02. The summed E-state index contributed by atoms with van der Waals surface area (Å²) in [5, 5.41) is 0. The predicted molar refractivity (Wildman–Crippen MR) is 75.5 cm³/mol. The summed E-state index contributed by atoms with van der Waals surface area (Å²) in [5.74, 6) is 0.292. The molecule has 0 atom stereocenters. The van der Waals surface area contributed by atoms with Crippen molar-refractivity contribution < 1.29 is 9.36 Å². The lowest BCUT2D eigenvalue weighted by molar-refractivity contribution is -0.126. The molecule has 0 aromatic rings. The van der Waals surface area contributed by atoms with Gasteiger partial charge in [-0.3, -0.25) is 9.36 Å². The fraction of sp³-hybridized carbons (Fsp3) is 0.909. The lowest BCUT2D eigenvalue weighted by atomic mass is 10.4. The average molecular weight is 278 g/mol. The second-order valence-corrected chi connectivity index (χ2v) is 8.40. The Bertz CT molecular complexity index is 290. The summed E-state index contributed by atoms with van der Waals surface area (Å²) in [7, 11) is 10.3. The Kier molecular flexibility index (Phi) is 7.07. The number of hydrogen-bond acceptors (Lipinski definition) is 2. The van der Waals surface area contributed by atoms with E-state index in [9.17, 15) is 9.36 Å². The van der Waals surface area contributed by atoms with E-state index in [2.05, 4.69) is 0 Å². The highest BCUT2D eigenvalue weighted by Crippen LogP contribution is 2.50. The molecule has 1 amide bonds. The molecule has 0 radical (unpaired) electrons. The van der Waals surface area contributed by atoms with E-state index >= 15 is 0 Å². The number of amides is 1. The van der Waals surface area contributed by atoms with Gasteiger partial charge in [-0.15, -0.1) is 0 Å². The first-order chi connectivity index (χ1) is 8.13. The monoisotopic (exact) mass is 278 g/mol. The van der Waals surface area contributed by atoms with Crippen LogP contribution < -0.4 is 0 Å². The SMILES string of the molecule is CN(C)P(=O)(N(C)C)N(C)C.CN1CCCC1=O. The second kappa shape index (κ2) is 7.24. The molecule has 0 aromatic heterocycles. The molecule has 7 heteroatoms. The Hall–Kier alpha value is -0.420. The van der Waals surface area contributed by atoms with E-state index in [0.717, 1.165) is 19.4 Å². The van der Waals surface area contributed by atoms with Crippen LogP contribution in [0.25, 0.3) is 0 Å². The first kappa shape index (κ1) is 17.6. The maximum absolute atomic E-state index is 12.1. The van der Waals surface area contributed by atoms with Gasteiger partial charge in [-0.2, -0.15) is 0 Å². The number of hydrogen-bond donors (Lipinski definition) is 0. The van der Waals surface area contributed by atoms with Crippen LogP contribution in [0.2, 0.25) is 0 Å². The number of carbonyl (C=O) groups excluding carboxylic acids is 1. The molecule has 1 heterocycles. The molecule has 1 rings (SSSR count). The topological polar surface area (TPSA) is 47.1 Å². The summed E-state index contributed by atoms with van der Waals surface area (Å²) in [6.45, 7) is 0.957. The second-order valence-electron chi connectivity index (χ2n) is 4.97. The van der Waals surface area contributed by atoms with Crippen molar-refractivity contribution >= 4 is 13.5 Å². The highest BCUT2D eigenvalue weighted by Gasteiger charge is 2.30. The van der Waals surface area contributed by atoms with Crippen LogP contribution in [0.5, 0.6) is 0 Å². The van der Waals surface area contributed by atoms with Gasteiger partial charge in [-0.05, 0) is 48.7 Å². The highest BCUT2D eigenvalue weighted by molar-refractivity contribution is 7.56. The van der Waals surface area contributed by atoms with Gasteiger partial charge in [0, 0.05) is 20.0 Å². The first-order valence-corrected chi connectivity index (χ1v) is 7.58. The molecule has 0 aliphatic carbocycles. The molecule has 108 valence electrons. The van der Waals surface area contributed by atoms with Crippen LogP contribution in [-0.2, 0) is 9.36 Å². The summed E-state index contributed by atoms with van der Waals surface area (Å²) in [6, 6.07) is 0. The Balaban J connectivity index is 0.000000351. The zero-order valence-electron chi connectivity index (χ0n) is 12.7. The molecular weight excluding hydrogens is 251 g/mol. The quantitative estimate of drug-likeness (QED) is 0.721. The molecule has 18 heavy (non-hydrogen) atoms. The third-order valence-corrected chi connectivity index (χ3v) is 6.00. The zero-order chi connectivity index (χ0) is 14.5. The highest BCUT2D eigenvalue weighted by atomic mass is 31.2. The Morgan fingerprint density at radius 1 is 1.00 bits per heavy atom. The molecule has 0 spiro atoms. The van der Waals surface area contributed by atoms with Gasteiger partial charge in [0.2, 0.25) is 5.91 Å². The van der Waals surface area contributed by atoms with Crippen molar-refractivity contribution in [1.29, 1.82) is 0 Å². The summed E-state index contributed by atoms with van der Waals surface area (Å²) < 4.78 is 17.3. The van der Waals surface area contributed by atoms with Crippen LogP contribution in [0.4, 0.5) is 0 Å². The van der Waals surface area contributed by atoms with Crippen LogP contribution in [0.1, 0.15) is 12.8 Å². The first-order valence-electron chi connectivity index (χ1n) is 6.01. The van der Waals surface area contributed by atoms with E-state index < -0.39 is 7.59 Å². The van der Waals surface area contributed by atoms with Crippen LogP contribution in [0.3, 0.4) is 0 Å². The third-order valence-electron chi connectivity index (χ3n) is 2.87. The van der Waals surface area contributed by atoms with E-state index in [1.165, 1.54) is 0 Å². The standard InChI is InChI=1S/C6H18N3OP.C5H9NO/c1-7(2)11(10,8(3)4)9(5)6;1-6-4-2-3-5(6)7/h1-6H3;2-4H2,1H3. The maximum atomic E-state index is 12.1. The minimum absolute atomic E-state index is 0.292. The van der Waals surface area contributed by atoms with Gasteiger partial charge in [0.15, 0.2) is 0 Å². The Morgan fingerprint density at radius 3 is 1.44 bits per heavy atom. The molecule has 0 unspecified atom stereocenters. The van der Waals surface area contributed by atoms with Gasteiger partial charge >= 0.3 is 0 Å². The van der Waals surface area contributed by atoms with E-state index in [-0.39, 0.29) is 0 Å². The van der Waals surface area contributed by atoms with Crippen molar-refractivity contribution in [2.75, 3.05) is 55.9 Å². The van der Waals surface area contributed by atoms with Gasteiger partial charge in [-0.25, -0.2) is 14.0 Å². The van der Waals surface area contributed by atoms with Gasteiger partial charge < -0.3 is 4.90 Å². The molecule has 1 fully saturated rings. The number of rotatable bonds is 3. The fourth-order valence-electron chi connectivity index (χ4n) is 1.86. The largest absolute Gasteiger partial charge is 0.346 e. The lowest BCUT2D eigenvalue weighted by Gasteiger charge is -2.34. The minimum atomic E-state index is -2.44. The number of carbonyl (C=O) groups is 1. The molecule has 6 nitrogen and oxygen atoms in total. The normalized spacial score (nSPS) is 16.6.